The van der Waals surface area contributed by atoms with Crippen LogP contribution in [0.3, 0.4) is 0 Å². The topological polar surface area (TPSA) is 53.1 Å². The Bertz CT molecular complexity index is 730. The lowest BCUT2D eigenvalue weighted by atomic mass is 9.94. The average molecular weight is 401 g/mol. The summed E-state index contributed by atoms with van der Waals surface area (Å²) in [4.78, 5) is 17.9. The van der Waals surface area contributed by atoms with Crippen molar-refractivity contribution in [1.29, 1.82) is 0 Å². The van der Waals surface area contributed by atoms with E-state index in [-0.39, 0.29) is 30.5 Å². The summed E-state index contributed by atoms with van der Waals surface area (Å²) in [5, 5.41) is 3.45. The van der Waals surface area contributed by atoms with Crippen LogP contribution >= 0.6 is 24.8 Å². The first kappa shape index (κ1) is 21.3. The second kappa shape index (κ2) is 9.79. The standard InChI is InChI=1S/C19H28N4O.2ClH/c24-19-21-17-3-1-2-4-18(17)23(19)16-8-13-22(14-9-16)12-7-15-5-10-20-11-6-15;;/h1-4,15-16,20H,5-14H2,(H,21,24);2*1H. The summed E-state index contributed by atoms with van der Waals surface area (Å²) in [5.74, 6) is 0.903. The van der Waals surface area contributed by atoms with Gasteiger partial charge in [0, 0.05) is 19.1 Å². The Balaban J connectivity index is 0.00000121. The molecular formula is C19H30Cl2N4O. The molecule has 146 valence electrons. The highest BCUT2D eigenvalue weighted by molar-refractivity contribution is 5.85. The molecule has 2 aliphatic heterocycles. The number of benzene rings is 1. The molecule has 1 aromatic heterocycles. The number of fused-ring (bicyclic) bond motifs is 1. The molecule has 26 heavy (non-hydrogen) atoms. The van der Waals surface area contributed by atoms with Crippen LogP contribution in [-0.2, 0) is 0 Å². The van der Waals surface area contributed by atoms with Crippen LogP contribution in [0, 0.1) is 5.92 Å². The number of nitrogens with zero attached hydrogens (tertiary/aromatic N) is 2. The maximum atomic E-state index is 12.3. The first-order valence-corrected chi connectivity index (χ1v) is 9.43. The highest BCUT2D eigenvalue weighted by Crippen LogP contribution is 2.25. The summed E-state index contributed by atoms with van der Waals surface area (Å²) in [6, 6.07) is 8.37. The predicted octanol–water partition coefficient (Wildman–Crippen LogP) is 3.20. The first-order valence-electron chi connectivity index (χ1n) is 9.43. The van der Waals surface area contributed by atoms with E-state index in [9.17, 15) is 4.79 Å². The number of rotatable bonds is 4. The van der Waals surface area contributed by atoms with E-state index in [4.69, 9.17) is 0 Å². The maximum Gasteiger partial charge on any atom is 0.326 e. The number of aromatic amines is 1. The molecule has 0 unspecified atom stereocenters. The molecule has 1 aromatic carbocycles. The van der Waals surface area contributed by atoms with Crippen molar-refractivity contribution < 1.29 is 0 Å². The van der Waals surface area contributed by atoms with E-state index in [0.29, 0.717) is 6.04 Å². The van der Waals surface area contributed by atoms with Crippen molar-refractivity contribution in [3.05, 3.63) is 34.7 Å². The van der Waals surface area contributed by atoms with Crippen molar-refractivity contribution in [3.63, 3.8) is 0 Å². The quantitative estimate of drug-likeness (QED) is 0.828. The lowest BCUT2D eigenvalue weighted by molar-refractivity contribution is 0.171. The smallest absolute Gasteiger partial charge is 0.317 e. The summed E-state index contributed by atoms with van der Waals surface area (Å²) < 4.78 is 1.99. The molecule has 0 saturated carbocycles. The molecule has 0 radical (unpaired) electrons. The summed E-state index contributed by atoms with van der Waals surface area (Å²) in [5.41, 5.74) is 2.05. The molecule has 5 nitrogen and oxygen atoms in total. The third-order valence-electron chi connectivity index (χ3n) is 5.86. The largest absolute Gasteiger partial charge is 0.326 e. The van der Waals surface area contributed by atoms with Crippen LogP contribution in [0.15, 0.2) is 29.1 Å². The van der Waals surface area contributed by atoms with Gasteiger partial charge in [0.25, 0.3) is 0 Å². The third-order valence-corrected chi connectivity index (χ3v) is 5.86. The SMILES string of the molecule is Cl.Cl.O=c1[nH]c2ccccc2n1C1CCN(CCC2CCNCC2)CC1. The summed E-state index contributed by atoms with van der Waals surface area (Å²) in [6.45, 7) is 5.83. The number of imidazole rings is 1. The zero-order valence-electron chi connectivity index (χ0n) is 15.2. The molecule has 0 aliphatic carbocycles. The summed E-state index contributed by atoms with van der Waals surface area (Å²) in [6.07, 6.45) is 6.16. The molecular weight excluding hydrogens is 371 g/mol. The molecule has 3 heterocycles. The number of hydrogen-bond acceptors (Lipinski definition) is 3. The maximum absolute atomic E-state index is 12.3. The Labute approximate surface area is 167 Å². The number of aromatic nitrogens is 2. The second-order valence-electron chi connectivity index (χ2n) is 7.37. The number of hydrogen-bond donors (Lipinski definition) is 2. The molecule has 2 aliphatic rings. The fraction of sp³-hybridized carbons (Fsp3) is 0.632. The fourth-order valence-electron chi connectivity index (χ4n) is 4.37. The van der Waals surface area contributed by atoms with Crippen LogP contribution in [0.1, 0.15) is 38.1 Å². The van der Waals surface area contributed by atoms with Crippen molar-refractivity contribution >= 4 is 35.8 Å². The number of piperidine rings is 2. The van der Waals surface area contributed by atoms with E-state index in [1.807, 2.05) is 22.8 Å². The van der Waals surface area contributed by atoms with Crippen molar-refractivity contribution in [2.24, 2.45) is 5.92 Å². The predicted molar refractivity (Wildman–Crippen MR) is 112 cm³/mol. The van der Waals surface area contributed by atoms with Gasteiger partial charge in [0.05, 0.1) is 11.0 Å². The van der Waals surface area contributed by atoms with Crippen LogP contribution in [0.2, 0.25) is 0 Å². The van der Waals surface area contributed by atoms with Crippen molar-refractivity contribution in [1.82, 2.24) is 19.8 Å². The zero-order chi connectivity index (χ0) is 16.4. The lowest BCUT2D eigenvalue weighted by Gasteiger charge is -2.34. The molecule has 0 atom stereocenters. The Hall–Kier alpha value is -1.01. The Morgan fingerprint density at radius 2 is 1.69 bits per heavy atom. The zero-order valence-corrected chi connectivity index (χ0v) is 16.8. The minimum absolute atomic E-state index is 0. The van der Waals surface area contributed by atoms with Gasteiger partial charge in [-0.1, -0.05) is 12.1 Å². The molecule has 0 amide bonds. The summed E-state index contributed by atoms with van der Waals surface area (Å²) >= 11 is 0. The van der Waals surface area contributed by atoms with Gasteiger partial charge in [-0.15, -0.1) is 24.8 Å². The van der Waals surface area contributed by atoms with E-state index in [1.165, 1.54) is 38.9 Å². The van der Waals surface area contributed by atoms with Crippen LogP contribution in [0.25, 0.3) is 11.0 Å². The van der Waals surface area contributed by atoms with Gasteiger partial charge in [0.1, 0.15) is 0 Å². The van der Waals surface area contributed by atoms with Gasteiger partial charge in [-0.05, 0) is 69.8 Å². The number of likely N-dealkylation sites (tertiary alicyclic amines) is 1. The van der Waals surface area contributed by atoms with Gasteiger partial charge < -0.3 is 15.2 Å². The van der Waals surface area contributed by atoms with Gasteiger partial charge in [0.15, 0.2) is 0 Å². The van der Waals surface area contributed by atoms with Gasteiger partial charge in [-0.25, -0.2) is 4.79 Å². The van der Waals surface area contributed by atoms with E-state index >= 15 is 0 Å². The minimum Gasteiger partial charge on any atom is -0.317 e. The van der Waals surface area contributed by atoms with Gasteiger partial charge in [0.2, 0.25) is 0 Å². The highest BCUT2D eigenvalue weighted by atomic mass is 35.5. The van der Waals surface area contributed by atoms with Gasteiger partial charge >= 0.3 is 5.69 Å². The molecule has 4 rings (SSSR count). The van der Waals surface area contributed by atoms with E-state index in [2.05, 4.69) is 21.3 Å². The monoisotopic (exact) mass is 400 g/mol. The fourth-order valence-corrected chi connectivity index (χ4v) is 4.37. The van der Waals surface area contributed by atoms with Crippen LogP contribution in [0.4, 0.5) is 0 Å². The number of halogens is 2. The number of para-hydroxylation sites is 2. The second-order valence-corrected chi connectivity index (χ2v) is 7.37. The third kappa shape index (κ3) is 4.63. The van der Waals surface area contributed by atoms with Crippen LogP contribution < -0.4 is 11.0 Å². The molecule has 2 fully saturated rings. The first-order chi connectivity index (χ1) is 11.8. The Kier molecular flexibility index (Phi) is 8.02. The van der Waals surface area contributed by atoms with Crippen LogP contribution in [0.5, 0.6) is 0 Å². The van der Waals surface area contributed by atoms with E-state index in [0.717, 1.165) is 42.9 Å². The summed E-state index contributed by atoms with van der Waals surface area (Å²) in [7, 11) is 0. The lowest BCUT2D eigenvalue weighted by Crippen LogP contribution is -2.38. The minimum atomic E-state index is 0. The normalized spacial score (nSPS) is 19.8. The molecule has 2 aromatic rings. The highest BCUT2D eigenvalue weighted by Gasteiger charge is 2.24. The molecule has 2 N–H and O–H groups in total. The average Bonchev–Trinajstić information content (AvgIpc) is 2.97. The van der Waals surface area contributed by atoms with Crippen molar-refractivity contribution in [2.45, 2.75) is 38.1 Å². The van der Waals surface area contributed by atoms with E-state index < -0.39 is 0 Å². The Morgan fingerprint density at radius 1 is 1.00 bits per heavy atom. The van der Waals surface area contributed by atoms with Gasteiger partial charge in [-0.2, -0.15) is 0 Å². The van der Waals surface area contributed by atoms with Crippen molar-refractivity contribution in [3.8, 4) is 0 Å². The van der Waals surface area contributed by atoms with E-state index in [1.54, 1.807) is 0 Å². The van der Waals surface area contributed by atoms with Crippen molar-refractivity contribution in [2.75, 3.05) is 32.7 Å². The Morgan fingerprint density at radius 3 is 2.42 bits per heavy atom. The molecule has 7 heteroatoms. The van der Waals surface area contributed by atoms with Gasteiger partial charge in [-0.3, -0.25) is 4.57 Å². The molecule has 0 bridgehead atoms. The molecule has 2 saturated heterocycles. The number of nitrogens with one attached hydrogen (secondary N) is 2. The number of H-pyrrole nitrogens is 1. The van der Waals surface area contributed by atoms with Crippen LogP contribution in [-0.4, -0.2) is 47.2 Å². The molecule has 0 spiro atoms.